The molecule has 1 aromatic carbocycles. The molecule has 2 rings (SSSR count). The molecule has 0 saturated heterocycles. The van der Waals surface area contributed by atoms with Crippen LogP contribution in [0.3, 0.4) is 0 Å². The van der Waals surface area contributed by atoms with Gasteiger partial charge in [0.05, 0.1) is 13.7 Å². The second kappa shape index (κ2) is 13.8. The molecule has 1 amide bonds. The maximum Gasteiger partial charge on any atom is 0.412 e. The molecule has 3 N–H and O–H groups in total. The number of rotatable bonds is 8. The number of benzene rings is 1. The van der Waals surface area contributed by atoms with Crippen LogP contribution in [0.2, 0.25) is 0 Å². The van der Waals surface area contributed by atoms with Crippen molar-refractivity contribution in [2.24, 2.45) is 4.99 Å². The van der Waals surface area contributed by atoms with Crippen LogP contribution < -0.4 is 20.7 Å². The summed E-state index contributed by atoms with van der Waals surface area (Å²) in [4.78, 5) is 20.6. The number of guanidine groups is 1. The molecular formula is C23H34IN5O3. The van der Waals surface area contributed by atoms with Crippen LogP contribution in [0.1, 0.15) is 38.8 Å². The summed E-state index contributed by atoms with van der Waals surface area (Å²) < 4.78 is 10.4. The van der Waals surface area contributed by atoms with Crippen molar-refractivity contribution in [2.45, 2.75) is 46.3 Å². The third-order valence-corrected chi connectivity index (χ3v) is 4.08. The number of pyridine rings is 1. The average Bonchev–Trinajstić information content (AvgIpc) is 2.72. The fourth-order valence-electron chi connectivity index (χ4n) is 2.67. The van der Waals surface area contributed by atoms with E-state index in [4.69, 9.17) is 9.47 Å². The second-order valence-corrected chi connectivity index (χ2v) is 7.90. The maximum atomic E-state index is 11.8. The van der Waals surface area contributed by atoms with E-state index in [1.165, 1.54) is 0 Å². The predicted molar refractivity (Wildman–Crippen MR) is 139 cm³/mol. The van der Waals surface area contributed by atoms with E-state index in [0.29, 0.717) is 18.1 Å². The Hall–Kier alpha value is -2.56. The van der Waals surface area contributed by atoms with Gasteiger partial charge in [-0.3, -0.25) is 5.32 Å². The third kappa shape index (κ3) is 10.7. The number of hydrogen-bond donors (Lipinski definition) is 3. The molecule has 0 aliphatic heterocycles. The molecular weight excluding hydrogens is 521 g/mol. The molecule has 176 valence electrons. The van der Waals surface area contributed by atoms with Gasteiger partial charge >= 0.3 is 6.09 Å². The summed E-state index contributed by atoms with van der Waals surface area (Å²) in [5.74, 6) is 1.33. The predicted octanol–water partition coefficient (Wildman–Crippen LogP) is 4.35. The highest BCUT2D eigenvalue weighted by molar-refractivity contribution is 14.0. The number of aromatic nitrogens is 1. The average molecular weight is 555 g/mol. The van der Waals surface area contributed by atoms with Gasteiger partial charge in [-0.15, -0.1) is 24.0 Å². The van der Waals surface area contributed by atoms with Crippen molar-refractivity contribution < 1.29 is 14.3 Å². The smallest absolute Gasteiger partial charge is 0.412 e. The Kier molecular flexibility index (Phi) is 11.8. The number of carbonyl (C=O) groups is 1. The first kappa shape index (κ1) is 27.5. The fraction of sp³-hybridized carbons (Fsp3) is 0.435. The Morgan fingerprint density at radius 1 is 1.09 bits per heavy atom. The fourth-order valence-corrected chi connectivity index (χ4v) is 2.67. The first-order valence-corrected chi connectivity index (χ1v) is 10.4. The lowest BCUT2D eigenvalue weighted by Crippen LogP contribution is -2.38. The Morgan fingerprint density at radius 3 is 2.44 bits per heavy atom. The van der Waals surface area contributed by atoms with E-state index in [9.17, 15) is 4.79 Å². The topological polar surface area (TPSA) is 96.9 Å². The molecule has 0 bridgehead atoms. The second-order valence-electron chi connectivity index (χ2n) is 7.90. The van der Waals surface area contributed by atoms with Gasteiger partial charge in [0.1, 0.15) is 5.60 Å². The molecule has 0 spiro atoms. The summed E-state index contributed by atoms with van der Waals surface area (Å²) >= 11 is 0. The van der Waals surface area contributed by atoms with Gasteiger partial charge in [-0.1, -0.05) is 12.1 Å². The molecule has 0 unspecified atom stereocenters. The van der Waals surface area contributed by atoms with Crippen LogP contribution >= 0.6 is 24.0 Å². The van der Waals surface area contributed by atoms with Gasteiger partial charge in [0.15, 0.2) is 5.96 Å². The molecule has 1 heterocycles. The quantitative estimate of drug-likeness (QED) is 0.255. The lowest BCUT2D eigenvalue weighted by atomic mass is 10.1. The lowest BCUT2D eigenvalue weighted by Gasteiger charge is -2.19. The molecule has 0 saturated carbocycles. The highest BCUT2D eigenvalue weighted by Gasteiger charge is 2.16. The zero-order chi connectivity index (χ0) is 22.7. The number of carbonyl (C=O) groups excluding carboxylic acids is 1. The van der Waals surface area contributed by atoms with Gasteiger partial charge in [0.2, 0.25) is 5.88 Å². The summed E-state index contributed by atoms with van der Waals surface area (Å²) in [6, 6.07) is 11.5. The molecule has 0 aliphatic rings. The third-order valence-electron chi connectivity index (χ3n) is 4.08. The summed E-state index contributed by atoms with van der Waals surface area (Å²) in [5.41, 5.74) is 2.35. The zero-order valence-electron chi connectivity index (χ0n) is 19.4. The van der Waals surface area contributed by atoms with E-state index >= 15 is 0 Å². The van der Waals surface area contributed by atoms with E-state index in [1.807, 2.05) is 64.1 Å². The zero-order valence-corrected chi connectivity index (χ0v) is 21.7. The van der Waals surface area contributed by atoms with Gasteiger partial charge in [0, 0.05) is 31.0 Å². The van der Waals surface area contributed by atoms with Crippen molar-refractivity contribution in [1.29, 1.82) is 0 Å². The minimum Gasteiger partial charge on any atom is -0.481 e. The van der Waals surface area contributed by atoms with Crippen LogP contribution in [0.5, 0.6) is 5.88 Å². The number of anilines is 1. The van der Waals surface area contributed by atoms with Crippen molar-refractivity contribution in [3.63, 3.8) is 0 Å². The first-order chi connectivity index (χ1) is 14.8. The minimum atomic E-state index is -0.523. The Labute approximate surface area is 207 Å². The van der Waals surface area contributed by atoms with E-state index in [0.717, 1.165) is 36.6 Å². The highest BCUT2D eigenvalue weighted by Crippen LogP contribution is 2.13. The summed E-state index contributed by atoms with van der Waals surface area (Å²) in [6.07, 6.45) is 2.08. The highest BCUT2D eigenvalue weighted by atomic mass is 127. The molecule has 2 aromatic rings. The molecule has 8 nitrogen and oxygen atoms in total. The number of aliphatic imine (C=N–C) groups is 1. The van der Waals surface area contributed by atoms with Crippen LogP contribution in [0.15, 0.2) is 47.6 Å². The van der Waals surface area contributed by atoms with E-state index in [1.54, 1.807) is 13.3 Å². The van der Waals surface area contributed by atoms with Gasteiger partial charge in [-0.2, -0.15) is 0 Å². The number of halogens is 1. The van der Waals surface area contributed by atoms with Crippen LogP contribution in [0, 0.1) is 0 Å². The first-order valence-electron chi connectivity index (χ1n) is 10.4. The summed E-state index contributed by atoms with van der Waals surface area (Å²) in [5, 5.41) is 9.33. The lowest BCUT2D eigenvalue weighted by molar-refractivity contribution is 0.0636. The molecule has 1 aromatic heterocycles. The molecule has 32 heavy (non-hydrogen) atoms. The number of amides is 1. The standard InChI is InChI=1S/C23H33N5O3.HI/c1-6-24-21(27-16-18-12-13-25-20(15-18)30-5)26-14-11-17-7-9-19(10-8-17)28-22(29)31-23(2,3)4;/h7-10,12-13,15H,6,11,14,16H2,1-5H3,(H,28,29)(H2,24,26,27);1H. The number of nitrogens with one attached hydrogen (secondary N) is 3. The molecule has 9 heteroatoms. The SMILES string of the molecule is CCNC(=NCc1ccnc(OC)c1)NCCc1ccc(NC(=O)OC(C)(C)C)cc1.I. The molecule has 0 radical (unpaired) electrons. The van der Waals surface area contributed by atoms with Gasteiger partial charge < -0.3 is 20.1 Å². The summed E-state index contributed by atoms with van der Waals surface area (Å²) in [6.45, 7) is 9.56. The van der Waals surface area contributed by atoms with Crippen molar-refractivity contribution in [1.82, 2.24) is 15.6 Å². The summed E-state index contributed by atoms with van der Waals surface area (Å²) in [7, 11) is 1.60. The van der Waals surface area contributed by atoms with E-state index in [-0.39, 0.29) is 24.0 Å². The maximum absolute atomic E-state index is 11.8. The Balaban J connectivity index is 0.00000512. The number of hydrogen-bond acceptors (Lipinski definition) is 5. The number of methoxy groups -OCH3 is 1. The van der Waals surface area contributed by atoms with Crippen LogP contribution in [0.25, 0.3) is 0 Å². The molecule has 0 fully saturated rings. The van der Waals surface area contributed by atoms with Crippen molar-refractivity contribution >= 4 is 41.7 Å². The van der Waals surface area contributed by atoms with Crippen molar-refractivity contribution in [2.75, 3.05) is 25.5 Å². The van der Waals surface area contributed by atoms with E-state index < -0.39 is 11.7 Å². The van der Waals surface area contributed by atoms with E-state index in [2.05, 4.69) is 25.9 Å². The molecule has 0 atom stereocenters. The Bertz CT molecular complexity index is 867. The van der Waals surface area contributed by atoms with Crippen LogP contribution in [-0.2, 0) is 17.7 Å². The minimum absolute atomic E-state index is 0. The molecule has 0 aliphatic carbocycles. The monoisotopic (exact) mass is 555 g/mol. The number of nitrogens with zero attached hydrogens (tertiary/aromatic N) is 2. The number of ether oxygens (including phenoxy) is 2. The normalized spacial score (nSPS) is 11.2. The van der Waals surface area contributed by atoms with Crippen molar-refractivity contribution in [3.8, 4) is 5.88 Å². The Morgan fingerprint density at radius 2 is 1.81 bits per heavy atom. The van der Waals surface area contributed by atoms with Gasteiger partial charge in [0.25, 0.3) is 0 Å². The van der Waals surface area contributed by atoms with Gasteiger partial charge in [-0.05, 0) is 63.4 Å². The van der Waals surface area contributed by atoms with Crippen LogP contribution in [0.4, 0.5) is 10.5 Å². The van der Waals surface area contributed by atoms with Crippen molar-refractivity contribution in [3.05, 3.63) is 53.7 Å². The largest absolute Gasteiger partial charge is 0.481 e. The van der Waals surface area contributed by atoms with Crippen LogP contribution in [-0.4, -0.2) is 42.8 Å². The van der Waals surface area contributed by atoms with Gasteiger partial charge in [-0.25, -0.2) is 14.8 Å².